The van der Waals surface area contributed by atoms with E-state index >= 15 is 0 Å². The number of terminal acetylenes is 1. The van der Waals surface area contributed by atoms with Gasteiger partial charge in [-0.2, -0.15) is 0 Å². The summed E-state index contributed by atoms with van der Waals surface area (Å²) >= 11 is 0. The molecule has 32 heavy (non-hydrogen) atoms. The number of hydrogen-bond acceptors (Lipinski definition) is 5. The van der Waals surface area contributed by atoms with Crippen molar-refractivity contribution in [1.29, 1.82) is 0 Å². The molecule has 1 N–H and O–H groups in total. The Morgan fingerprint density at radius 2 is 1.94 bits per heavy atom. The molecule has 3 fully saturated rings. The highest BCUT2D eigenvalue weighted by Crippen LogP contribution is 2.66. The highest BCUT2D eigenvalue weighted by molar-refractivity contribution is 5.92. The minimum absolute atomic E-state index is 0.129. The number of ketones is 1. The number of ether oxygens (including phenoxy) is 1. The third-order valence-corrected chi connectivity index (χ3v) is 9.44. The molecule has 0 aromatic rings. The van der Waals surface area contributed by atoms with Crippen LogP contribution in [0.15, 0.2) is 11.6 Å². The zero-order chi connectivity index (χ0) is 23.0. The maximum atomic E-state index is 12.7. The van der Waals surface area contributed by atoms with Gasteiger partial charge in [0.05, 0.1) is 0 Å². The van der Waals surface area contributed by atoms with E-state index in [-0.39, 0.29) is 23.1 Å². The monoisotopic (exact) mass is 442 g/mol. The molecule has 0 aromatic heterocycles. The van der Waals surface area contributed by atoms with Gasteiger partial charge in [-0.25, -0.2) is 4.89 Å². The molecule has 3 saturated carbocycles. The van der Waals surface area contributed by atoms with Gasteiger partial charge in [-0.15, -0.1) is 6.42 Å². The number of unbranched alkanes of at least 4 members (excludes halogenated alkanes) is 3. The van der Waals surface area contributed by atoms with E-state index in [4.69, 9.17) is 16.0 Å². The van der Waals surface area contributed by atoms with Gasteiger partial charge >= 0.3 is 5.97 Å². The number of esters is 1. The van der Waals surface area contributed by atoms with Crippen LogP contribution in [0.5, 0.6) is 0 Å². The quantitative estimate of drug-likeness (QED) is 0.182. The summed E-state index contributed by atoms with van der Waals surface area (Å²) in [6, 6.07) is 0. The first-order valence-corrected chi connectivity index (χ1v) is 12.6. The molecule has 176 valence electrons. The van der Waals surface area contributed by atoms with Crippen LogP contribution in [0.3, 0.4) is 0 Å². The Morgan fingerprint density at radius 1 is 1.16 bits per heavy atom. The zero-order valence-electron chi connectivity index (χ0n) is 19.7. The number of carbonyl (C=O) groups is 2. The fraction of sp³-hybridized carbons (Fsp3) is 0.778. The first kappa shape index (κ1) is 23.5. The Hall–Kier alpha value is -1.64. The molecule has 0 heterocycles. The number of hydrogen-bond donors (Lipinski definition) is 1. The predicted octanol–water partition coefficient (Wildman–Crippen LogP) is 5.63. The average molecular weight is 443 g/mol. The van der Waals surface area contributed by atoms with Crippen LogP contribution in [0.4, 0.5) is 0 Å². The summed E-state index contributed by atoms with van der Waals surface area (Å²) in [6.45, 7) is 4.37. The van der Waals surface area contributed by atoms with Gasteiger partial charge in [0.1, 0.15) is 5.60 Å². The molecule has 1 unspecified atom stereocenters. The van der Waals surface area contributed by atoms with Crippen LogP contribution in [0.1, 0.15) is 97.3 Å². The second-order valence-electron chi connectivity index (χ2n) is 10.8. The Balaban J connectivity index is 1.54. The summed E-state index contributed by atoms with van der Waals surface area (Å²) in [5, 5.41) is 10.0. The van der Waals surface area contributed by atoms with E-state index in [0.717, 1.165) is 63.4 Å². The lowest BCUT2D eigenvalue weighted by Crippen LogP contribution is -2.59. The fourth-order valence-electron chi connectivity index (χ4n) is 7.70. The fourth-order valence-corrected chi connectivity index (χ4v) is 7.70. The normalized spacial score (nSPS) is 40.5. The van der Waals surface area contributed by atoms with Crippen LogP contribution in [-0.4, -0.2) is 28.2 Å². The summed E-state index contributed by atoms with van der Waals surface area (Å²) in [5.41, 5.74) is -0.906. The molecular formula is C27H38O5. The van der Waals surface area contributed by atoms with Gasteiger partial charge in [0, 0.05) is 18.3 Å². The Bertz CT molecular complexity index is 824. The van der Waals surface area contributed by atoms with Gasteiger partial charge in [-0.3, -0.25) is 14.8 Å². The molecule has 0 spiro atoms. The molecule has 4 aliphatic carbocycles. The van der Waals surface area contributed by atoms with Crippen LogP contribution < -0.4 is 0 Å². The Kier molecular flexibility index (Phi) is 6.58. The Morgan fingerprint density at radius 3 is 2.66 bits per heavy atom. The van der Waals surface area contributed by atoms with Gasteiger partial charge in [0.2, 0.25) is 0 Å². The second-order valence-corrected chi connectivity index (χ2v) is 10.8. The predicted molar refractivity (Wildman–Crippen MR) is 121 cm³/mol. The van der Waals surface area contributed by atoms with Gasteiger partial charge in [-0.05, 0) is 80.8 Å². The summed E-state index contributed by atoms with van der Waals surface area (Å²) in [6.07, 6.45) is 18.4. The highest BCUT2D eigenvalue weighted by Gasteiger charge is 2.67. The first-order chi connectivity index (χ1) is 15.4. The second kappa shape index (κ2) is 8.95. The minimum atomic E-state index is -0.851. The zero-order valence-corrected chi connectivity index (χ0v) is 19.7. The standard InChI is InChI=1S/C27H38O5/c1-4-6-7-8-9-24(29)31-26(5-2)16-14-22-21-11-10-19-18-20(28)12-17-27(19,32-30)23(21)13-15-25(22,26)3/h2,18,21-23,30H,4,6-17H2,1,3H3/t21-,22-,23-,25-,26-,27?/m0/s1. The largest absolute Gasteiger partial charge is 0.445 e. The summed E-state index contributed by atoms with van der Waals surface area (Å²) in [5.74, 6) is 3.73. The molecule has 0 aromatic carbocycles. The SMILES string of the molecule is C#C[C@]1(OC(=O)CCCCCC)CC[C@H]2[C@@H]3CCC4=CC(=O)CCC4(OO)[C@H]3CC[C@@]21C. The van der Waals surface area contributed by atoms with Crippen molar-refractivity contribution < 1.29 is 24.5 Å². The third kappa shape index (κ3) is 3.55. The molecule has 5 heteroatoms. The lowest BCUT2D eigenvalue weighted by molar-refractivity contribution is -0.342. The lowest BCUT2D eigenvalue weighted by atomic mass is 9.49. The summed E-state index contributed by atoms with van der Waals surface area (Å²) in [4.78, 5) is 30.0. The number of carbonyl (C=O) groups excluding carboxylic acids is 2. The van der Waals surface area contributed by atoms with Crippen molar-refractivity contribution in [2.24, 2.45) is 23.2 Å². The maximum Gasteiger partial charge on any atom is 0.307 e. The van der Waals surface area contributed by atoms with Gasteiger partial charge in [0.25, 0.3) is 0 Å². The average Bonchev–Trinajstić information content (AvgIpc) is 3.08. The van der Waals surface area contributed by atoms with Crippen LogP contribution >= 0.6 is 0 Å². The summed E-state index contributed by atoms with van der Waals surface area (Å²) in [7, 11) is 0. The first-order valence-electron chi connectivity index (χ1n) is 12.6. The smallest absolute Gasteiger partial charge is 0.307 e. The van der Waals surface area contributed by atoms with Crippen LogP contribution in [0.2, 0.25) is 0 Å². The van der Waals surface area contributed by atoms with E-state index in [1.54, 1.807) is 6.08 Å². The summed E-state index contributed by atoms with van der Waals surface area (Å²) < 4.78 is 6.14. The molecule has 0 amide bonds. The highest BCUT2D eigenvalue weighted by atomic mass is 17.1. The molecule has 5 nitrogen and oxygen atoms in total. The van der Waals surface area contributed by atoms with E-state index in [0.29, 0.717) is 37.5 Å². The van der Waals surface area contributed by atoms with Crippen molar-refractivity contribution in [1.82, 2.24) is 0 Å². The van der Waals surface area contributed by atoms with Crippen LogP contribution in [0.25, 0.3) is 0 Å². The van der Waals surface area contributed by atoms with E-state index in [9.17, 15) is 14.8 Å². The van der Waals surface area contributed by atoms with Crippen molar-refractivity contribution in [2.45, 2.75) is 109 Å². The Labute approximate surface area is 192 Å². The van der Waals surface area contributed by atoms with Gasteiger partial charge in [0.15, 0.2) is 11.4 Å². The molecule has 0 radical (unpaired) electrons. The van der Waals surface area contributed by atoms with Gasteiger partial charge < -0.3 is 4.74 Å². The number of fused-ring (bicyclic) bond motifs is 5. The maximum absolute atomic E-state index is 12.7. The van der Waals surface area contributed by atoms with Crippen LogP contribution in [-0.2, 0) is 19.2 Å². The third-order valence-electron chi connectivity index (χ3n) is 9.44. The van der Waals surface area contributed by atoms with Crippen molar-refractivity contribution in [3.8, 4) is 12.3 Å². The van der Waals surface area contributed by atoms with E-state index in [1.165, 1.54) is 0 Å². The molecular weight excluding hydrogens is 404 g/mol. The lowest BCUT2D eigenvalue weighted by Gasteiger charge is -2.58. The van der Waals surface area contributed by atoms with Crippen molar-refractivity contribution in [3.05, 3.63) is 11.6 Å². The minimum Gasteiger partial charge on any atom is -0.445 e. The molecule has 6 atom stereocenters. The number of rotatable bonds is 7. The van der Waals surface area contributed by atoms with Crippen molar-refractivity contribution in [3.63, 3.8) is 0 Å². The van der Waals surface area contributed by atoms with E-state index in [2.05, 4.69) is 19.8 Å². The molecule has 4 aliphatic rings. The molecule has 0 bridgehead atoms. The van der Waals surface area contributed by atoms with Crippen LogP contribution in [0, 0.1) is 35.5 Å². The van der Waals surface area contributed by atoms with Gasteiger partial charge in [-0.1, -0.05) is 39.0 Å². The van der Waals surface area contributed by atoms with E-state index in [1.807, 2.05) is 0 Å². The molecule has 4 rings (SSSR count). The molecule has 0 aliphatic heterocycles. The van der Waals surface area contributed by atoms with Crippen molar-refractivity contribution in [2.75, 3.05) is 0 Å². The molecule has 0 saturated heterocycles. The van der Waals surface area contributed by atoms with E-state index < -0.39 is 11.2 Å². The topological polar surface area (TPSA) is 72.8 Å². The van der Waals surface area contributed by atoms with Crippen molar-refractivity contribution >= 4 is 11.8 Å².